The van der Waals surface area contributed by atoms with E-state index in [9.17, 15) is 23.8 Å². The highest BCUT2D eigenvalue weighted by Crippen LogP contribution is 2.43. The third-order valence-corrected chi connectivity index (χ3v) is 7.79. The molecule has 0 aromatic carbocycles. The van der Waals surface area contributed by atoms with Gasteiger partial charge in [0.05, 0.1) is 13.2 Å². The Bertz CT molecular complexity index is 1250. The molecule has 292 valence electrons. The monoisotopic (exact) mass is 747 g/mol. The number of hydrogen-bond acceptors (Lipinski definition) is 9. The summed E-state index contributed by atoms with van der Waals surface area (Å²) in [4.78, 5) is 45.7. The Morgan fingerprint density at radius 2 is 1.04 bits per heavy atom. The van der Waals surface area contributed by atoms with Crippen LogP contribution in [0.3, 0.4) is 0 Å². The van der Waals surface area contributed by atoms with Crippen molar-refractivity contribution in [3.05, 3.63) is 97.2 Å². The van der Waals surface area contributed by atoms with Crippen molar-refractivity contribution in [2.75, 3.05) is 19.8 Å². The molecule has 0 bridgehead atoms. The van der Waals surface area contributed by atoms with Gasteiger partial charge in [-0.2, -0.15) is 0 Å². The zero-order chi connectivity index (χ0) is 38.5. The highest BCUT2D eigenvalue weighted by atomic mass is 31.2. The topological polar surface area (TPSA) is 172 Å². The number of rotatable bonds is 32. The molecule has 0 saturated heterocycles. The molecular formula is C40H62NO10P. The molecule has 0 amide bonds. The lowest BCUT2D eigenvalue weighted by Gasteiger charge is -2.20. The second-order valence-electron chi connectivity index (χ2n) is 11.6. The molecule has 0 saturated carbocycles. The zero-order valence-electron chi connectivity index (χ0n) is 31.1. The number of phosphoric ester groups is 1. The molecule has 0 fully saturated rings. The number of phosphoric acid groups is 1. The lowest BCUT2D eigenvalue weighted by Crippen LogP contribution is -2.34. The number of unbranched alkanes of at least 4 members (excludes halogenated alkanes) is 2. The largest absolute Gasteiger partial charge is 0.480 e. The summed E-state index contributed by atoms with van der Waals surface area (Å²) in [5.74, 6) is -2.56. The predicted octanol–water partition coefficient (Wildman–Crippen LogP) is 8.94. The normalized spacial score (nSPS) is 15.0. The number of carboxylic acids is 1. The summed E-state index contributed by atoms with van der Waals surface area (Å²) in [6.07, 6.45) is 42.2. The molecule has 11 nitrogen and oxygen atoms in total. The molecule has 4 N–H and O–H groups in total. The first kappa shape index (κ1) is 48.4. The smallest absolute Gasteiger partial charge is 0.472 e. The van der Waals surface area contributed by atoms with Crippen LogP contribution in [-0.4, -0.2) is 59.9 Å². The Morgan fingerprint density at radius 1 is 0.596 bits per heavy atom. The lowest BCUT2D eigenvalue weighted by atomic mass is 10.2. The summed E-state index contributed by atoms with van der Waals surface area (Å²) < 4.78 is 32.4. The number of ether oxygens (including phenoxy) is 2. The first-order valence-corrected chi connectivity index (χ1v) is 19.8. The van der Waals surface area contributed by atoms with Crippen molar-refractivity contribution in [3.63, 3.8) is 0 Å². The SMILES string of the molecule is CC/C=C\C/C=C\C/C=C\C/C=C\CCCCC(=O)OC(COC(=O)CC/C=C\C/C=C\C/C=C\C/C=C\CC)COP(=O)(O)OCC(N)C(=O)O. The first-order valence-electron chi connectivity index (χ1n) is 18.3. The Morgan fingerprint density at radius 3 is 1.52 bits per heavy atom. The van der Waals surface area contributed by atoms with E-state index in [1.807, 2.05) is 18.2 Å². The molecule has 3 atom stereocenters. The minimum atomic E-state index is -4.74. The molecule has 0 aromatic rings. The van der Waals surface area contributed by atoms with Gasteiger partial charge in [0, 0.05) is 12.8 Å². The van der Waals surface area contributed by atoms with Crippen LogP contribution >= 0.6 is 7.82 Å². The van der Waals surface area contributed by atoms with E-state index in [0.717, 1.165) is 64.2 Å². The third-order valence-electron chi connectivity index (χ3n) is 6.84. The van der Waals surface area contributed by atoms with E-state index in [1.165, 1.54) is 0 Å². The highest BCUT2D eigenvalue weighted by Gasteiger charge is 2.28. The molecule has 0 aliphatic rings. The Kier molecular flexibility index (Phi) is 32.1. The minimum absolute atomic E-state index is 0.0851. The fourth-order valence-corrected chi connectivity index (χ4v) is 4.79. The van der Waals surface area contributed by atoms with E-state index in [0.29, 0.717) is 12.8 Å². The van der Waals surface area contributed by atoms with Gasteiger partial charge in [0.2, 0.25) is 0 Å². The van der Waals surface area contributed by atoms with Crippen molar-refractivity contribution in [1.29, 1.82) is 0 Å². The maximum Gasteiger partial charge on any atom is 0.472 e. The lowest BCUT2D eigenvalue weighted by molar-refractivity contribution is -0.161. The quantitative estimate of drug-likeness (QED) is 0.0260. The van der Waals surface area contributed by atoms with Gasteiger partial charge in [0.25, 0.3) is 0 Å². The average molecular weight is 748 g/mol. The highest BCUT2D eigenvalue weighted by molar-refractivity contribution is 7.47. The van der Waals surface area contributed by atoms with Gasteiger partial charge in [-0.3, -0.25) is 23.4 Å². The van der Waals surface area contributed by atoms with E-state index in [2.05, 4.69) is 97.4 Å². The first-order chi connectivity index (χ1) is 25.1. The van der Waals surface area contributed by atoms with Crippen LogP contribution in [0, 0.1) is 0 Å². The van der Waals surface area contributed by atoms with Crippen LogP contribution in [0.1, 0.15) is 104 Å². The van der Waals surface area contributed by atoms with Gasteiger partial charge in [-0.15, -0.1) is 0 Å². The van der Waals surface area contributed by atoms with Crippen LogP contribution in [-0.2, 0) is 37.5 Å². The van der Waals surface area contributed by atoms with Crippen LogP contribution in [0.2, 0.25) is 0 Å². The molecule has 0 aliphatic heterocycles. The van der Waals surface area contributed by atoms with Crippen LogP contribution in [0.4, 0.5) is 0 Å². The van der Waals surface area contributed by atoms with E-state index in [-0.39, 0.29) is 12.8 Å². The molecule has 52 heavy (non-hydrogen) atoms. The molecule has 0 spiro atoms. The maximum atomic E-state index is 12.5. The summed E-state index contributed by atoms with van der Waals surface area (Å²) in [6.45, 7) is 2.40. The van der Waals surface area contributed by atoms with Gasteiger partial charge < -0.3 is 25.2 Å². The predicted molar refractivity (Wildman–Crippen MR) is 207 cm³/mol. The average Bonchev–Trinajstić information content (AvgIpc) is 3.12. The van der Waals surface area contributed by atoms with Crippen LogP contribution in [0.25, 0.3) is 0 Å². The van der Waals surface area contributed by atoms with E-state index in [1.54, 1.807) is 0 Å². The molecular weight excluding hydrogens is 685 g/mol. The Labute approximate surface area is 311 Å². The van der Waals surface area contributed by atoms with Crippen molar-refractivity contribution >= 4 is 25.7 Å². The fraction of sp³-hybridized carbons (Fsp3) is 0.525. The molecule has 0 radical (unpaired) electrons. The Hall–Kier alpha value is -3.60. The van der Waals surface area contributed by atoms with Gasteiger partial charge in [-0.25, -0.2) is 4.57 Å². The number of carboxylic acid groups (broad SMARTS) is 1. The molecule has 3 unspecified atom stereocenters. The molecule has 12 heteroatoms. The van der Waals surface area contributed by atoms with Crippen molar-refractivity contribution in [1.82, 2.24) is 0 Å². The zero-order valence-corrected chi connectivity index (χ0v) is 32.0. The molecule has 0 rings (SSSR count). The molecule has 0 aliphatic carbocycles. The maximum absolute atomic E-state index is 12.5. The van der Waals surface area contributed by atoms with Crippen molar-refractivity contribution < 1.29 is 47.5 Å². The van der Waals surface area contributed by atoms with E-state index >= 15 is 0 Å². The van der Waals surface area contributed by atoms with Gasteiger partial charge in [-0.1, -0.05) is 111 Å². The van der Waals surface area contributed by atoms with Crippen molar-refractivity contribution in [2.24, 2.45) is 5.73 Å². The number of aliphatic carboxylic acids is 1. The second kappa shape index (κ2) is 34.5. The van der Waals surface area contributed by atoms with Gasteiger partial charge in [0.15, 0.2) is 6.10 Å². The van der Waals surface area contributed by atoms with E-state index in [4.69, 9.17) is 24.8 Å². The fourth-order valence-electron chi connectivity index (χ4n) is 4.01. The summed E-state index contributed by atoms with van der Waals surface area (Å²) in [5.41, 5.74) is 5.30. The number of nitrogens with two attached hydrogens (primary N) is 1. The number of allylic oxidation sites excluding steroid dienone is 16. The van der Waals surface area contributed by atoms with Crippen molar-refractivity contribution in [3.8, 4) is 0 Å². The molecule has 0 aromatic heterocycles. The number of hydrogen-bond donors (Lipinski definition) is 3. The Balaban J connectivity index is 4.67. The van der Waals surface area contributed by atoms with Crippen LogP contribution in [0.5, 0.6) is 0 Å². The third kappa shape index (κ3) is 33.5. The van der Waals surface area contributed by atoms with Gasteiger partial charge >= 0.3 is 25.7 Å². The number of carbonyl (C=O) groups is 3. The van der Waals surface area contributed by atoms with Gasteiger partial charge in [0.1, 0.15) is 12.6 Å². The minimum Gasteiger partial charge on any atom is -0.480 e. The second-order valence-corrected chi connectivity index (χ2v) is 13.0. The summed E-state index contributed by atoms with van der Waals surface area (Å²) in [5, 5.41) is 8.85. The van der Waals surface area contributed by atoms with Crippen molar-refractivity contribution in [2.45, 2.75) is 116 Å². The van der Waals surface area contributed by atoms with Gasteiger partial charge in [-0.05, 0) is 77.0 Å². The molecule has 0 heterocycles. The van der Waals surface area contributed by atoms with Crippen LogP contribution in [0.15, 0.2) is 97.2 Å². The number of carbonyl (C=O) groups excluding carboxylic acids is 2. The summed E-state index contributed by atoms with van der Waals surface area (Å²) in [6, 6.07) is -1.54. The van der Waals surface area contributed by atoms with Crippen LogP contribution < -0.4 is 5.73 Å². The standard InChI is InChI=1S/C40H62NO10P/c1-3-5-7-9-11-13-15-17-18-20-22-24-26-28-30-32-39(43)51-36(34-49-52(46,47)50-35-37(41)40(44)45)33-48-38(42)31-29-27-25-23-21-19-16-14-12-10-8-6-4-2/h5-8,11-14,17-19,21-22,24-25,27,36-37H,3-4,9-10,15-16,20,23,26,28-35,41H2,1-2H3,(H,44,45)(H,46,47)/b7-5-,8-6-,13-11-,14-12-,18-17-,21-19-,24-22-,27-25-. The number of esters is 2. The summed E-state index contributed by atoms with van der Waals surface area (Å²) in [7, 11) is -4.74. The summed E-state index contributed by atoms with van der Waals surface area (Å²) >= 11 is 0. The van der Waals surface area contributed by atoms with E-state index < -0.39 is 57.7 Å².